The number of allylic oxidation sites excluding steroid dienone is 1. The van der Waals surface area contributed by atoms with Crippen LogP contribution in [0, 0.1) is 0 Å². The monoisotopic (exact) mass is 707 g/mol. The molecule has 0 N–H and O–H groups in total. The molecule has 221 valence electrons. The first-order valence-corrected chi connectivity index (χ1v) is 17.2. The smallest absolute Gasteiger partial charge is 1.00 e. The number of hydrogen-bond donors (Lipinski definition) is 0. The Morgan fingerprint density at radius 1 is 0.636 bits per heavy atom. The Balaban J connectivity index is 0.000000849. The van der Waals surface area contributed by atoms with Gasteiger partial charge in [0, 0.05) is 15.4 Å². The third-order valence-corrected chi connectivity index (χ3v) is 8.55. The van der Waals surface area contributed by atoms with Gasteiger partial charge in [0.05, 0.1) is 0 Å². The van der Waals surface area contributed by atoms with Gasteiger partial charge in [0.15, 0.2) is 0 Å². The summed E-state index contributed by atoms with van der Waals surface area (Å²) in [7, 11) is 1.08. The summed E-state index contributed by atoms with van der Waals surface area (Å²) < 4.78 is 0. The van der Waals surface area contributed by atoms with E-state index in [0.29, 0.717) is 5.92 Å². The fourth-order valence-corrected chi connectivity index (χ4v) is 6.75. The molecule has 0 saturated heterocycles. The van der Waals surface area contributed by atoms with Gasteiger partial charge in [-0.05, 0) is 45.9 Å². The molecule has 6 aromatic rings. The van der Waals surface area contributed by atoms with E-state index in [-0.39, 0.29) is 51.0 Å². The molecule has 3 radical (unpaired) electrons. The maximum absolute atomic E-state index is 2.55. The number of halogens is 2. The molecule has 1 aliphatic carbocycles. The average Bonchev–Trinajstić information content (AvgIpc) is 3.58. The van der Waals surface area contributed by atoms with Gasteiger partial charge < -0.3 is 24.8 Å². The Labute approximate surface area is 297 Å². The molecule has 0 fully saturated rings. The molecule has 6 aromatic carbocycles. The van der Waals surface area contributed by atoms with Gasteiger partial charge in [0.2, 0.25) is 0 Å². The van der Waals surface area contributed by atoms with Crippen molar-refractivity contribution in [2.75, 3.05) is 0 Å². The summed E-state index contributed by atoms with van der Waals surface area (Å²) in [5, 5.41) is 8.11. The quantitative estimate of drug-likeness (QED) is 0.111. The van der Waals surface area contributed by atoms with E-state index in [0.717, 1.165) is 15.9 Å². The van der Waals surface area contributed by atoms with E-state index < -0.39 is 0 Å². The molecular formula is C40H39Cl2SiZr. The van der Waals surface area contributed by atoms with Crippen molar-refractivity contribution in [1.29, 1.82) is 0 Å². The number of unbranched alkanes of at least 4 members (excludes halogenated alkanes) is 3. The van der Waals surface area contributed by atoms with Crippen LogP contribution in [0.3, 0.4) is 0 Å². The predicted molar refractivity (Wildman–Crippen MR) is 182 cm³/mol. The minimum absolute atomic E-state index is 0. The number of rotatable bonds is 7. The van der Waals surface area contributed by atoms with Gasteiger partial charge in [-0.25, -0.2) is 0 Å². The molecule has 0 amide bonds. The van der Waals surface area contributed by atoms with Crippen LogP contribution in [0.4, 0.5) is 0 Å². The molecular weight excluding hydrogens is 671 g/mol. The summed E-state index contributed by atoms with van der Waals surface area (Å²) >= 11 is 0. The maximum Gasteiger partial charge on any atom is 3.00 e. The van der Waals surface area contributed by atoms with Gasteiger partial charge in [-0.3, -0.25) is 0 Å². The molecule has 0 spiro atoms. The predicted octanol–water partition coefficient (Wildman–Crippen LogP) is 5.82. The van der Waals surface area contributed by atoms with Crippen molar-refractivity contribution in [3.8, 4) is 11.1 Å². The average molecular weight is 710 g/mol. The Bertz CT molecular complexity index is 1850. The molecule has 0 saturated carbocycles. The minimum Gasteiger partial charge on any atom is -1.00 e. The minimum atomic E-state index is 0. The zero-order valence-electron chi connectivity index (χ0n) is 25.8. The van der Waals surface area contributed by atoms with Crippen molar-refractivity contribution in [3.63, 3.8) is 0 Å². The summed E-state index contributed by atoms with van der Waals surface area (Å²) in [4.78, 5) is 0. The van der Waals surface area contributed by atoms with Crippen LogP contribution in [0.25, 0.3) is 49.5 Å². The van der Waals surface area contributed by atoms with E-state index in [1.54, 1.807) is 5.57 Å². The standard InChI is InChI=1S/C38H33.C2H6Si.2ClH.Zr/c1-2-3-4-5-15-28-25-37-33(31-19-10-16-26-13-6-8-17-29(26)31)21-12-23-35(37)38(28)34-22-11-20-32-30-18-9-7-14-27(30)24-36(32)34;1-3-2;;;/h6-14,16-25,38H,2-5,15H2,1H3;1-2H3;2*1H;/q-1;;;;+3/p-2. The van der Waals surface area contributed by atoms with Crippen LogP contribution in [0.1, 0.15) is 61.6 Å². The molecule has 0 heterocycles. The third kappa shape index (κ3) is 7.05. The van der Waals surface area contributed by atoms with Crippen LogP contribution < -0.4 is 24.8 Å². The van der Waals surface area contributed by atoms with Gasteiger partial charge in [-0.1, -0.05) is 154 Å². The molecule has 0 aromatic heterocycles. The molecule has 0 aliphatic heterocycles. The van der Waals surface area contributed by atoms with Crippen LogP contribution in [-0.4, -0.2) is 9.52 Å². The van der Waals surface area contributed by atoms with Gasteiger partial charge in [0.1, 0.15) is 0 Å². The Hall–Kier alpha value is -2.35. The van der Waals surface area contributed by atoms with Crippen molar-refractivity contribution in [3.05, 3.63) is 131 Å². The third-order valence-electron chi connectivity index (χ3n) is 8.55. The van der Waals surface area contributed by atoms with Gasteiger partial charge in [0.25, 0.3) is 0 Å². The molecule has 0 nitrogen and oxygen atoms in total. The first kappa shape index (κ1) is 36.1. The normalized spacial score (nSPS) is 13.2. The first-order chi connectivity index (χ1) is 20.2. The van der Waals surface area contributed by atoms with E-state index in [1.807, 2.05) is 0 Å². The molecule has 1 aliphatic rings. The topological polar surface area (TPSA) is 0 Å². The van der Waals surface area contributed by atoms with Crippen molar-refractivity contribution in [1.82, 2.24) is 0 Å². The Morgan fingerprint density at radius 2 is 1.25 bits per heavy atom. The van der Waals surface area contributed by atoms with Crippen LogP contribution in [0.15, 0.2) is 115 Å². The summed E-state index contributed by atoms with van der Waals surface area (Å²) in [6, 6.07) is 40.7. The van der Waals surface area contributed by atoms with Crippen LogP contribution >= 0.6 is 0 Å². The summed E-state index contributed by atoms with van der Waals surface area (Å²) in [6.07, 6.45) is 8.85. The number of benzene rings is 5. The van der Waals surface area contributed by atoms with E-state index in [4.69, 9.17) is 0 Å². The SMILES string of the molecule is CCCCCCC1=Cc2c(-c3cccc4ccccc34)cccc2C1c1cccc2c1[cH-]c1ccccc12.C[Si]C.[Cl-].[Cl-].[Zr+3]. The molecule has 1 unspecified atom stereocenters. The summed E-state index contributed by atoms with van der Waals surface area (Å²) in [5.41, 5.74) is 8.58. The Morgan fingerprint density at radius 3 is 2.05 bits per heavy atom. The van der Waals surface area contributed by atoms with Crippen molar-refractivity contribution in [2.45, 2.75) is 58.0 Å². The summed E-state index contributed by atoms with van der Waals surface area (Å²) in [5.74, 6) is 0.307. The van der Waals surface area contributed by atoms with E-state index in [2.05, 4.69) is 135 Å². The van der Waals surface area contributed by atoms with E-state index in [1.165, 1.54) is 85.8 Å². The van der Waals surface area contributed by atoms with Crippen LogP contribution in [0.5, 0.6) is 0 Å². The van der Waals surface area contributed by atoms with Crippen molar-refractivity contribution < 1.29 is 51.0 Å². The molecule has 4 heteroatoms. The second kappa shape index (κ2) is 16.8. The van der Waals surface area contributed by atoms with Gasteiger partial charge >= 0.3 is 26.2 Å². The van der Waals surface area contributed by atoms with E-state index in [9.17, 15) is 0 Å². The van der Waals surface area contributed by atoms with Crippen molar-refractivity contribution in [2.24, 2.45) is 0 Å². The number of hydrogen-bond acceptors (Lipinski definition) is 0. The second-order valence-electron chi connectivity index (χ2n) is 11.3. The van der Waals surface area contributed by atoms with E-state index >= 15 is 0 Å². The summed E-state index contributed by atoms with van der Waals surface area (Å²) in [6.45, 7) is 6.60. The molecule has 0 bridgehead atoms. The first-order valence-electron chi connectivity index (χ1n) is 15.2. The zero-order chi connectivity index (χ0) is 28.2. The van der Waals surface area contributed by atoms with Crippen molar-refractivity contribution >= 4 is 47.9 Å². The molecule has 1 atom stereocenters. The van der Waals surface area contributed by atoms with Gasteiger partial charge in [-0.2, -0.15) is 0 Å². The number of fused-ring (bicyclic) bond motifs is 5. The Kier molecular flexibility index (Phi) is 13.8. The van der Waals surface area contributed by atoms with Gasteiger partial charge in [-0.15, -0.1) is 33.7 Å². The molecule has 7 rings (SSSR count). The largest absolute Gasteiger partial charge is 3.00 e. The van der Waals surface area contributed by atoms with Crippen LogP contribution in [0.2, 0.25) is 13.1 Å². The second-order valence-corrected chi connectivity index (χ2v) is 12.3. The fraction of sp³-hybridized carbons (Fsp3) is 0.225. The fourth-order valence-electron chi connectivity index (χ4n) is 6.75. The van der Waals surface area contributed by atoms with Crippen LogP contribution in [-0.2, 0) is 26.2 Å². The maximum atomic E-state index is 2.55. The molecule has 44 heavy (non-hydrogen) atoms. The zero-order valence-corrected chi connectivity index (χ0v) is 30.8.